The van der Waals surface area contributed by atoms with Crippen molar-refractivity contribution in [3.05, 3.63) is 28.8 Å². The Labute approximate surface area is 120 Å². The third-order valence-corrected chi connectivity index (χ3v) is 4.03. The Hall–Kier alpha value is -0.770. The Kier molecular flexibility index (Phi) is 5.49. The molecule has 1 unspecified atom stereocenters. The van der Waals surface area contributed by atoms with Gasteiger partial charge in [-0.05, 0) is 38.1 Å². The molecule has 3 nitrogen and oxygen atoms in total. The van der Waals surface area contributed by atoms with E-state index in [0.29, 0.717) is 6.04 Å². The summed E-state index contributed by atoms with van der Waals surface area (Å²) in [5.41, 5.74) is 1.10. The monoisotopic (exact) mass is 282 g/mol. The van der Waals surface area contributed by atoms with Crippen LogP contribution in [0.25, 0.3) is 0 Å². The number of likely N-dealkylation sites (N-methyl/N-ethyl adjacent to an activating group) is 1. The number of piperidine rings is 1. The Morgan fingerprint density at radius 3 is 3.05 bits per heavy atom. The van der Waals surface area contributed by atoms with Gasteiger partial charge in [0.05, 0.1) is 7.11 Å². The van der Waals surface area contributed by atoms with Crippen molar-refractivity contribution in [2.24, 2.45) is 0 Å². The van der Waals surface area contributed by atoms with Crippen LogP contribution in [0, 0.1) is 0 Å². The van der Waals surface area contributed by atoms with E-state index < -0.39 is 0 Å². The van der Waals surface area contributed by atoms with Crippen LogP contribution in [0.4, 0.5) is 0 Å². The molecule has 106 valence electrons. The summed E-state index contributed by atoms with van der Waals surface area (Å²) >= 11 is 6.30. The van der Waals surface area contributed by atoms with Crippen LogP contribution in [-0.4, -0.2) is 37.7 Å². The van der Waals surface area contributed by atoms with Crippen LogP contribution in [0.5, 0.6) is 5.75 Å². The quantitative estimate of drug-likeness (QED) is 0.899. The number of ether oxygens (including phenoxy) is 1. The molecular formula is C15H23ClN2O. The van der Waals surface area contributed by atoms with Crippen LogP contribution in [-0.2, 0) is 6.54 Å². The minimum absolute atomic E-state index is 0.604. The molecular weight excluding hydrogens is 260 g/mol. The molecule has 1 saturated heterocycles. The van der Waals surface area contributed by atoms with E-state index in [2.05, 4.69) is 17.1 Å². The molecule has 0 amide bonds. The number of methoxy groups -OCH3 is 1. The second-order valence-corrected chi connectivity index (χ2v) is 5.46. The molecule has 4 heteroatoms. The van der Waals surface area contributed by atoms with Crippen molar-refractivity contribution in [3.8, 4) is 5.75 Å². The van der Waals surface area contributed by atoms with Crippen LogP contribution in [0.3, 0.4) is 0 Å². The maximum Gasteiger partial charge on any atom is 0.124 e. The lowest BCUT2D eigenvalue weighted by molar-refractivity contribution is 0.183. The highest BCUT2D eigenvalue weighted by molar-refractivity contribution is 6.31. The van der Waals surface area contributed by atoms with Gasteiger partial charge in [-0.15, -0.1) is 0 Å². The number of halogens is 1. The van der Waals surface area contributed by atoms with Gasteiger partial charge in [0.2, 0.25) is 0 Å². The predicted molar refractivity (Wildman–Crippen MR) is 80.0 cm³/mol. The van der Waals surface area contributed by atoms with Gasteiger partial charge >= 0.3 is 0 Å². The first-order valence-electron chi connectivity index (χ1n) is 7.01. The van der Waals surface area contributed by atoms with Crippen molar-refractivity contribution in [1.29, 1.82) is 0 Å². The Balaban J connectivity index is 2.04. The van der Waals surface area contributed by atoms with Crippen molar-refractivity contribution >= 4 is 11.6 Å². The maximum absolute atomic E-state index is 6.30. The van der Waals surface area contributed by atoms with Gasteiger partial charge in [0.15, 0.2) is 0 Å². The van der Waals surface area contributed by atoms with E-state index in [-0.39, 0.29) is 0 Å². The number of likely N-dealkylation sites (tertiary alicyclic amines) is 1. The lowest BCUT2D eigenvalue weighted by atomic mass is 10.0. The van der Waals surface area contributed by atoms with E-state index in [4.69, 9.17) is 16.3 Å². The van der Waals surface area contributed by atoms with Crippen LogP contribution in [0.2, 0.25) is 5.02 Å². The number of nitrogens with zero attached hydrogens (tertiary/aromatic N) is 1. The van der Waals surface area contributed by atoms with Crippen LogP contribution >= 0.6 is 11.6 Å². The molecule has 0 spiro atoms. The third kappa shape index (κ3) is 3.85. The second kappa shape index (κ2) is 7.13. The molecule has 1 aliphatic heterocycles. The van der Waals surface area contributed by atoms with Gasteiger partial charge in [-0.2, -0.15) is 0 Å². The third-order valence-electron chi connectivity index (χ3n) is 3.68. The van der Waals surface area contributed by atoms with Gasteiger partial charge in [-0.1, -0.05) is 24.6 Å². The molecule has 0 radical (unpaired) electrons. The van der Waals surface area contributed by atoms with Gasteiger partial charge in [-0.25, -0.2) is 0 Å². The topological polar surface area (TPSA) is 24.5 Å². The Morgan fingerprint density at radius 2 is 2.32 bits per heavy atom. The first-order chi connectivity index (χ1) is 9.24. The van der Waals surface area contributed by atoms with Crippen LogP contribution < -0.4 is 10.1 Å². The molecule has 1 aliphatic rings. The molecule has 1 N–H and O–H groups in total. The van der Waals surface area contributed by atoms with Crippen molar-refractivity contribution in [2.45, 2.75) is 32.4 Å². The van der Waals surface area contributed by atoms with Crippen molar-refractivity contribution in [2.75, 3.05) is 26.7 Å². The van der Waals surface area contributed by atoms with Crippen molar-refractivity contribution < 1.29 is 4.74 Å². The maximum atomic E-state index is 6.30. The summed E-state index contributed by atoms with van der Waals surface area (Å²) in [6, 6.07) is 6.45. The fourth-order valence-electron chi connectivity index (χ4n) is 2.76. The van der Waals surface area contributed by atoms with Crippen LogP contribution in [0.15, 0.2) is 18.2 Å². The summed E-state index contributed by atoms with van der Waals surface area (Å²) in [6.45, 7) is 6.28. The lowest BCUT2D eigenvalue weighted by Crippen LogP contribution is -2.45. The molecule has 1 aromatic rings. The molecule has 0 aliphatic carbocycles. The van der Waals surface area contributed by atoms with E-state index in [0.717, 1.165) is 42.5 Å². The summed E-state index contributed by atoms with van der Waals surface area (Å²) in [6.07, 6.45) is 2.51. The number of hydrogen-bond donors (Lipinski definition) is 1. The molecule has 1 aromatic carbocycles. The zero-order valence-electron chi connectivity index (χ0n) is 11.8. The Morgan fingerprint density at radius 1 is 1.47 bits per heavy atom. The number of rotatable bonds is 5. The first-order valence-corrected chi connectivity index (χ1v) is 7.39. The normalized spacial score (nSPS) is 20.5. The average molecular weight is 283 g/mol. The van der Waals surface area contributed by atoms with E-state index in [1.165, 1.54) is 12.8 Å². The van der Waals surface area contributed by atoms with Crippen molar-refractivity contribution in [1.82, 2.24) is 10.2 Å². The molecule has 1 atom stereocenters. The summed E-state index contributed by atoms with van der Waals surface area (Å²) in [5, 5.41) is 4.33. The van der Waals surface area contributed by atoms with Gasteiger partial charge < -0.3 is 10.1 Å². The summed E-state index contributed by atoms with van der Waals surface area (Å²) < 4.78 is 5.42. The number of hydrogen-bond acceptors (Lipinski definition) is 3. The highest BCUT2D eigenvalue weighted by Crippen LogP contribution is 2.28. The molecule has 19 heavy (non-hydrogen) atoms. The number of nitrogens with one attached hydrogen (secondary N) is 1. The predicted octanol–water partition coefficient (Wildman–Crippen LogP) is 2.92. The standard InChI is InChI=1S/C15H23ClN2O/c1-3-17-12-6-5-9-18(10-12)11-13-14(16)7-4-8-15(13)19-2/h4,7-8,12,17H,3,5-6,9-11H2,1-2H3. The zero-order chi connectivity index (χ0) is 13.7. The number of benzene rings is 1. The second-order valence-electron chi connectivity index (χ2n) is 5.05. The fraction of sp³-hybridized carbons (Fsp3) is 0.600. The summed E-state index contributed by atoms with van der Waals surface area (Å²) in [7, 11) is 1.70. The van der Waals surface area contributed by atoms with E-state index in [1.54, 1.807) is 7.11 Å². The highest BCUT2D eigenvalue weighted by atomic mass is 35.5. The van der Waals surface area contributed by atoms with E-state index >= 15 is 0 Å². The highest BCUT2D eigenvalue weighted by Gasteiger charge is 2.20. The molecule has 0 saturated carbocycles. The first kappa shape index (κ1) is 14.6. The van der Waals surface area contributed by atoms with Gasteiger partial charge in [0.1, 0.15) is 5.75 Å². The van der Waals surface area contributed by atoms with Gasteiger partial charge in [0, 0.05) is 29.7 Å². The minimum Gasteiger partial charge on any atom is -0.496 e. The molecule has 1 heterocycles. The largest absolute Gasteiger partial charge is 0.496 e. The SMILES string of the molecule is CCNC1CCCN(Cc2c(Cl)cccc2OC)C1. The summed E-state index contributed by atoms with van der Waals surface area (Å²) in [4.78, 5) is 2.46. The van der Waals surface area contributed by atoms with E-state index in [1.807, 2.05) is 18.2 Å². The molecule has 2 rings (SSSR count). The lowest BCUT2D eigenvalue weighted by Gasteiger charge is -2.33. The van der Waals surface area contributed by atoms with Crippen LogP contribution in [0.1, 0.15) is 25.3 Å². The van der Waals surface area contributed by atoms with Crippen molar-refractivity contribution in [3.63, 3.8) is 0 Å². The average Bonchev–Trinajstić information content (AvgIpc) is 2.42. The summed E-state index contributed by atoms with van der Waals surface area (Å²) in [5.74, 6) is 0.887. The molecule has 0 bridgehead atoms. The van der Waals surface area contributed by atoms with E-state index in [9.17, 15) is 0 Å². The molecule has 0 aromatic heterocycles. The smallest absolute Gasteiger partial charge is 0.124 e. The zero-order valence-corrected chi connectivity index (χ0v) is 12.5. The Bertz CT molecular complexity index is 409. The van der Waals surface area contributed by atoms with Gasteiger partial charge in [0.25, 0.3) is 0 Å². The minimum atomic E-state index is 0.604. The fourth-order valence-corrected chi connectivity index (χ4v) is 2.99. The molecule has 1 fully saturated rings. The van der Waals surface area contributed by atoms with Gasteiger partial charge in [-0.3, -0.25) is 4.90 Å².